The van der Waals surface area contributed by atoms with Gasteiger partial charge >= 0.3 is 10.1 Å². The highest BCUT2D eigenvalue weighted by atomic mass is 32.2. The Bertz CT molecular complexity index is 795. The average molecular weight is 346 g/mol. The maximum atomic E-state index is 12.6. The van der Waals surface area contributed by atoms with Gasteiger partial charge in [0.2, 0.25) is 0 Å². The summed E-state index contributed by atoms with van der Waals surface area (Å²) >= 11 is 0. The predicted octanol–water partition coefficient (Wildman–Crippen LogP) is 2.51. The van der Waals surface area contributed by atoms with Crippen molar-refractivity contribution >= 4 is 15.8 Å². The van der Waals surface area contributed by atoms with E-state index in [9.17, 15) is 8.42 Å². The quantitative estimate of drug-likeness (QED) is 0.796. The SMILES string of the molecule is Cc1ccc(S(=O)(=O)Oc2ccccc2N2CCN(C)CC2)cc1. The van der Waals surface area contributed by atoms with Crippen LogP contribution in [0.15, 0.2) is 53.4 Å². The molecule has 0 aliphatic carbocycles. The fourth-order valence-electron chi connectivity index (χ4n) is 2.71. The van der Waals surface area contributed by atoms with Crippen molar-refractivity contribution in [3.63, 3.8) is 0 Å². The Morgan fingerprint density at radius 2 is 1.54 bits per heavy atom. The van der Waals surface area contributed by atoms with E-state index < -0.39 is 10.1 Å². The molecule has 0 aromatic heterocycles. The number of likely N-dealkylation sites (N-methyl/N-ethyl adjacent to an activating group) is 1. The molecule has 0 amide bonds. The number of nitrogens with zero attached hydrogens (tertiary/aromatic N) is 2. The van der Waals surface area contributed by atoms with Gasteiger partial charge in [-0.05, 0) is 38.2 Å². The monoisotopic (exact) mass is 346 g/mol. The van der Waals surface area contributed by atoms with Crippen LogP contribution in [0.1, 0.15) is 5.56 Å². The van der Waals surface area contributed by atoms with E-state index in [1.54, 1.807) is 36.4 Å². The summed E-state index contributed by atoms with van der Waals surface area (Å²) < 4.78 is 30.6. The average Bonchev–Trinajstić information content (AvgIpc) is 2.56. The number of piperazine rings is 1. The van der Waals surface area contributed by atoms with Crippen LogP contribution >= 0.6 is 0 Å². The van der Waals surface area contributed by atoms with E-state index in [0.29, 0.717) is 5.75 Å². The minimum Gasteiger partial charge on any atom is -0.377 e. The predicted molar refractivity (Wildman–Crippen MR) is 95.1 cm³/mol. The molecule has 1 aliphatic heterocycles. The highest BCUT2D eigenvalue weighted by molar-refractivity contribution is 7.87. The van der Waals surface area contributed by atoms with Crippen molar-refractivity contribution in [1.82, 2.24) is 4.90 Å². The molecule has 0 spiro atoms. The molecule has 0 unspecified atom stereocenters. The Hall–Kier alpha value is -2.05. The first-order chi connectivity index (χ1) is 11.5. The maximum absolute atomic E-state index is 12.6. The Morgan fingerprint density at radius 3 is 2.21 bits per heavy atom. The minimum atomic E-state index is -3.84. The van der Waals surface area contributed by atoms with Crippen LogP contribution in [0.4, 0.5) is 5.69 Å². The van der Waals surface area contributed by atoms with Gasteiger partial charge in [-0.1, -0.05) is 29.8 Å². The van der Waals surface area contributed by atoms with Crippen LogP contribution in [0.5, 0.6) is 5.75 Å². The first-order valence-corrected chi connectivity index (χ1v) is 9.40. The van der Waals surface area contributed by atoms with E-state index in [1.165, 1.54) is 0 Å². The standard InChI is InChI=1S/C18H22N2O3S/c1-15-7-9-16(10-8-15)24(21,22)23-18-6-4-3-5-17(18)20-13-11-19(2)12-14-20/h3-10H,11-14H2,1-2H3. The Labute approximate surface area is 143 Å². The van der Waals surface area contributed by atoms with Gasteiger partial charge in [-0.3, -0.25) is 0 Å². The largest absolute Gasteiger partial charge is 0.377 e. The van der Waals surface area contributed by atoms with Gasteiger partial charge in [0.05, 0.1) is 5.69 Å². The van der Waals surface area contributed by atoms with Crippen LogP contribution in [-0.4, -0.2) is 46.5 Å². The fourth-order valence-corrected chi connectivity index (χ4v) is 3.65. The van der Waals surface area contributed by atoms with E-state index >= 15 is 0 Å². The molecule has 0 saturated carbocycles. The number of hydrogen-bond acceptors (Lipinski definition) is 5. The number of rotatable bonds is 4. The highest BCUT2D eigenvalue weighted by Crippen LogP contribution is 2.31. The van der Waals surface area contributed by atoms with E-state index in [0.717, 1.165) is 37.4 Å². The summed E-state index contributed by atoms with van der Waals surface area (Å²) in [6.07, 6.45) is 0. The Balaban J connectivity index is 1.86. The van der Waals surface area contributed by atoms with E-state index in [2.05, 4.69) is 16.8 Å². The zero-order valence-corrected chi connectivity index (χ0v) is 14.8. The van der Waals surface area contributed by atoms with E-state index in [4.69, 9.17) is 4.18 Å². The fraction of sp³-hybridized carbons (Fsp3) is 0.333. The molecular formula is C18H22N2O3S. The molecule has 1 heterocycles. The molecule has 128 valence electrons. The lowest BCUT2D eigenvalue weighted by atomic mass is 10.2. The molecule has 1 saturated heterocycles. The van der Waals surface area contributed by atoms with Crippen molar-refractivity contribution in [3.05, 3.63) is 54.1 Å². The van der Waals surface area contributed by atoms with Gasteiger partial charge in [-0.2, -0.15) is 8.42 Å². The molecule has 0 atom stereocenters. The second-order valence-electron chi connectivity index (χ2n) is 6.11. The topological polar surface area (TPSA) is 49.9 Å². The third-order valence-electron chi connectivity index (χ3n) is 4.22. The summed E-state index contributed by atoms with van der Waals surface area (Å²) in [5.74, 6) is 0.377. The van der Waals surface area contributed by atoms with Crippen LogP contribution in [0.25, 0.3) is 0 Å². The van der Waals surface area contributed by atoms with E-state index in [1.807, 2.05) is 19.1 Å². The molecule has 1 fully saturated rings. The molecule has 2 aromatic rings. The third kappa shape index (κ3) is 3.71. The minimum absolute atomic E-state index is 0.168. The van der Waals surface area contributed by atoms with Crippen molar-refractivity contribution in [2.75, 3.05) is 38.1 Å². The lowest BCUT2D eigenvalue weighted by Crippen LogP contribution is -2.44. The van der Waals surface area contributed by atoms with Crippen molar-refractivity contribution in [2.45, 2.75) is 11.8 Å². The molecule has 24 heavy (non-hydrogen) atoms. The lowest BCUT2D eigenvalue weighted by Gasteiger charge is -2.34. The third-order valence-corrected chi connectivity index (χ3v) is 5.47. The molecule has 2 aromatic carbocycles. The summed E-state index contributed by atoms with van der Waals surface area (Å²) in [7, 11) is -1.75. The molecular weight excluding hydrogens is 324 g/mol. The van der Waals surface area contributed by atoms with Crippen LogP contribution in [0.2, 0.25) is 0 Å². The summed E-state index contributed by atoms with van der Waals surface area (Å²) in [5, 5.41) is 0. The number of anilines is 1. The van der Waals surface area contributed by atoms with Crippen LogP contribution in [-0.2, 0) is 10.1 Å². The molecule has 6 heteroatoms. The van der Waals surface area contributed by atoms with E-state index in [-0.39, 0.29) is 4.90 Å². The number of hydrogen-bond donors (Lipinski definition) is 0. The molecule has 0 radical (unpaired) electrons. The van der Waals surface area contributed by atoms with Crippen LogP contribution in [0, 0.1) is 6.92 Å². The maximum Gasteiger partial charge on any atom is 0.339 e. The van der Waals surface area contributed by atoms with Gasteiger partial charge < -0.3 is 14.0 Å². The second kappa shape index (κ2) is 6.83. The molecule has 5 nitrogen and oxygen atoms in total. The summed E-state index contributed by atoms with van der Waals surface area (Å²) in [4.78, 5) is 4.59. The van der Waals surface area contributed by atoms with Gasteiger partial charge in [0.25, 0.3) is 0 Å². The Kier molecular flexibility index (Phi) is 4.78. The lowest BCUT2D eigenvalue weighted by molar-refractivity contribution is 0.312. The van der Waals surface area contributed by atoms with Crippen LogP contribution in [0.3, 0.4) is 0 Å². The number of aryl methyl sites for hydroxylation is 1. The van der Waals surface area contributed by atoms with Gasteiger partial charge in [0.15, 0.2) is 5.75 Å². The van der Waals surface area contributed by atoms with Gasteiger partial charge in [-0.15, -0.1) is 0 Å². The van der Waals surface area contributed by atoms with Crippen LogP contribution < -0.4 is 9.08 Å². The summed E-state index contributed by atoms with van der Waals surface area (Å²) in [5.41, 5.74) is 1.83. The summed E-state index contributed by atoms with van der Waals surface area (Å²) in [6.45, 7) is 5.50. The van der Waals surface area contributed by atoms with Gasteiger partial charge in [-0.25, -0.2) is 0 Å². The number of benzene rings is 2. The summed E-state index contributed by atoms with van der Waals surface area (Å²) in [6, 6.07) is 14.0. The van der Waals surface area contributed by atoms with Gasteiger partial charge in [0, 0.05) is 26.2 Å². The normalized spacial score (nSPS) is 16.2. The number of para-hydroxylation sites is 2. The van der Waals surface area contributed by atoms with Crippen molar-refractivity contribution < 1.29 is 12.6 Å². The Morgan fingerprint density at radius 1 is 0.917 bits per heavy atom. The van der Waals surface area contributed by atoms with Gasteiger partial charge in [0.1, 0.15) is 4.90 Å². The molecule has 0 bridgehead atoms. The first kappa shape index (κ1) is 16.8. The second-order valence-corrected chi connectivity index (χ2v) is 7.65. The van der Waals surface area contributed by atoms with Crippen molar-refractivity contribution in [3.8, 4) is 5.75 Å². The zero-order valence-electron chi connectivity index (χ0n) is 14.0. The smallest absolute Gasteiger partial charge is 0.339 e. The molecule has 0 N–H and O–H groups in total. The molecule has 3 rings (SSSR count). The molecule has 1 aliphatic rings. The zero-order chi connectivity index (χ0) is 17.2. The van der Waals surface area contributed by atoms with Crippen molar-refractivity contribution in [2.24, 2.45) is 0 Å². The first-order valence-electron chi connectivity index (χ1n) is 7.99. The van der Waals surface area contributed by atoms with Crippen molar-refractivity contribution in [1.29, 1.82) is 0 Å². The highest BCUT2D eigenvalue weighted by Gasteiger charge is 2.22.